The number of carbonyl (C=O) groups is 1. The van der Waals surface area contributed by atoms with Crippen LogP contribution in [0.1, 0.15) is 45.6 Å². The van der Waals surface area contributed by atoms with Crippen LogP contribution < -0.4 is 9.47 Å². The molecule has 0 aromatic heterocycles. The summed E-state index contributed by atoms with van der Waals surface area (Å²) in [4.78, 5) is 15.7. The van der Waals surface area contributed by atoms with Gasteiger partial charge in [0, 0.05) is 26.7 Å². The summed E-state index contributed by atoms with van der Waals surface area (Å²) in [6.45, 7) is 10.7. The maximum Gasteiger partial charge on any atom is 0.414 e. The van der Waals surface area contributed by atoms with E-state index in [2.05, 4.69) is 25.7 Å². The second-order valence-electron chi connectivity index (χ2n) is 7.92. The quantitative estimate of drug-likeness (QED) is 0.684. The lowest BCUT2D eigenvalue weighted by Gasteiger charge is -2.24. The molecule has 1 fully saturated rings. The number of rotatable bonds is 6. The molecular formula is C20H33ClN2O3. The number of hydrogen-bond acceptors (Lipinski definition) is 4. The van der Waals surface area contributed by atoms with E-state index < -0.39 is 0 Å². The molecule has 0 unspecified atom stereocenters. The lowest BCUT2D eigenvalue weighted by atomic mass is 9.86. The normalized spacial score (nSPS) is 14.7. The van der Waals surface area contributed by atoms with Crippen molar-refractivity contribution in [2.45, 2.75) is 45.4 Å². The Kier molecular flexibility index (Phi) is 8.71. The average molecular weight is 385 g/mol. The van der Waals surface area contributed by atoms with E-state index in [4.69, 9.17) is 9.47 Å². The SMILES string of the molecule is CN(C)C(=O)Oc1ccc(C(C)(C)C)c(OCCCN2CCCC2)c1.Cl. The van der Waals surface area contributed by atoms with Crippen molar-refractivity contribution in [2.75, 3.05) is 40.3 Å². The molecule has 1 heterocycles. The van der Waals surface area contributed by atoms with Crippen LogP contribution in [0.5, 0.6) is 11.5 Å². The van der Waals surface area contributed by atoms with Crippen LogP contribution in [0.2, 0.25) is 0 Å². The first kappa shape index (κ1) is 22.6. The number of amides is 1. The Balaban J connectivity index is 0.00000338. The Hall–Kier alpha value is -1.46. The largest absolute Gasteiger partial charge is 0.493 e. The Labute approximate surface area is 164 Å². The number of nitrogens with zero attached hydrogens (tertiary/aromatic N) is 2. The zero-order valence-electron chi connectivity index (χ0n) is 16.7. The van der Waals surface area contributed by atoms with Gasteiger partial charge in [-0.1, -0.05) is 26.8 Å². The van der Waals surface area contributed by atoms with Crippen LogP contribution in [0.4, 0.5) is 4.79 Å². The molecule has 1 aliphatic heterocycles. The van der Waals surface area contributed by atoms with Gasteiger partial charge in [0.05, 0.1) is 6.61 Å². The number of halogens is 1. The van der Waals surface area contributed by atoms with Crippen molar-refractivity contribution in [3.05, 3.63) is 23.8 Å². The van der Waals surface area contributed by atoms with E-state index in [-0.39, 0.29) is 23.9 Å². The third kappa shape index (κ3) is 6.69. The van der Waals surface area contributed by atoms with Crippen molar-refractivity contribution in [1.29, 1.82) is 0 Å². The summed E-state index contributed by atoms with van der Waals surface area (Å²) in [6.07, 6.45) is 3.25. The number of ether oxygens (including phenoxy) is 2. The summed E-state index contributed by atoms with van der Waals surface area (Å²) in [6, 6.07) is 5.66. The zero-order chi connectivity index (χ0) is 18.4. The van der Waals surface area contributed by atoms with Crippen molar-refractivity contribution in [1.82, 2.24) is 9.80 Å². The summed E-state index contributed by atoms with van der Waals surface area (Å²) in [7, 11) is 3.34. The van der Waals surface area contributed by atoms with Gasteiger partial charge in [0.25, 0.3) is 0 Å². The fourth-order valence-electron chi connectivity index (χ4n) is 2.97. The highest BCUT2D eigenvalue weighted by atomic mass is 35.5. The van der Waals surface area contributed by atoms with Crippen molar-refractivity contribution in [2.24, 2.45) is 0 Å². The van der Waals surface area contributed by atoms with Gasteiger partial charge in [-0.2, -0.15) is 0 Å². The molecule has 0 N–H and O–H groups in total. The molecule has 148 valence electrons. The number of hydrogen-bond donors (Lipinski definition) is 0. The molecule has 0 atom stereocenters. The molecule has 1 aliphatic rings. The lowest BCUT2D eigenvalue weighted by Crippen LogP contribution is -2.25. The second kappa shape index (κ2) is 10.0. The van der Waals surface area contributed by atoms with Gasteiger partial charge in [-0.3, -0.25) is 0 Å². The number of carbonyl (C=O) groups excluding carboxylic acids is 1. The summed E-state index contributed by atoms with van der Waals surface area (Å²) in [5, 5.41) is 0. The Bertz CT molecular complexity index is 579. The van der Waals surface area contributed by atoms with Gasteiger partial charge >= 0.3 is 6.09 Å². The Morgan fingerprint density at radius 3 is 2.42 bits per heavy atom. The van der Waals surface area contributed by atoms with Crippen LogP contribution in [0.3, 0.4) is 0 Å². The highest BCUT2D eigenvalue weighted by molar-refractivity contribution is 5.85. The molecule has 26 heavy (non-hydrogen) atoms. The van der Waals surface area contributed by atoms with E-state index in [0.717, 1.165) is 24.3 Å². The molecule has 0 spiro atoms. The fourth-order valence-corrected chi connectivity index (χ4v) is 2.97. The fraction of sp³-hybridized carbons (Fsp3) is 0.650. The van der Waals surface area contributed by atoms with Crippen LogP contribution in [0.25, 0.3) is 0 Å². The minimum Gasteiger partial charge on any atom is -0.493 e. The molecule has 1 amide bonds. The maximum atomic E-state index is 11.8. The average Bonchev–Trinajstić information content (AvgIpc) is 3.04. The molecule has 0 radical (unpaired) electrons. The standard InChI is InChI=1S/C20H32N2O3.ClH/c1-20(2,3)17-10-9-16(25-19(23)21(4)5)15-18(17)24-14-8-13-22-11-6-7-12-22;/h9-10,15H,6-8,11-14H2,1-5H3;1H. The van der Waals surface area contributed by atoms with Gasteiger partial charge < -0.3 is 19.3 Å². The van der Waals surface area contributed by atoms with E-state index in [0.29, 0.717) is 12.4 Å². The summed E-state index contributed by atoms with van der Waals surface area (Å²) < 4.78 is 11.4. The van der Waals surface area contributed by atoms with Gasteiger partial charge in [-0.05, 0) is 49.4 Å². The molecule has 0 saturated carbocycles. The van der Waals surface area contributed by atoms with Gasteiger partial charge in [-0.15, -0.1) is 12.4 Å². The summed E-state index contributed by atoms with van der Waals surface area (Å²) in [5.74, 6) is 1.32. The first-order valence-electron chi connectivity index (χ1n) is 9.16. The smallest absolute Gasteiger partial charge is 0.414 e. The van der Waals surface area contributed by atoms with Gasteiger partial charge in [0.1, 0.15) is 11.5 Å². The van der Waals surface area contributed by atoms with E-state index in [1.54, 1.807) is 14.1 Å². The molecular weight excluding hydrogens is 352 g/mol. The van der Waals surface area contributed by atoms with Gasteiger partial charge in [0.2, 0.25) is 0 Å². The second-order valence-corrected chi connectivity index (χ2v) is 7.92. The topological polar surface area (TPSA) is 42.0 Å². The van der Waals surface area contributed by atoms with Crippen LogP contribution in [-0.4, -0.2) is 56.2 Å². The van der Waals surface area contributed by atoms with Crippen molar-refractivity contribution in [3.8, 4) is 11.5 Å². The van der Waals surface area contributed by atoms with E-state index in [1.807, 2.05) is 18.2 Å². The zero-order valence-corrected chi connectivity index (χ0v) is 17.5. The van der Waals surface area contributed by atoms with Gasteiger partial charge in [0.15, 0.2) is 0 Å². The maximum absolute atomic E-state index is 11.8. The van der Waals surface area contributed by atoms with Crippen LogP contribution >= 0.6 is 12.4 Å². The molecule has 0 aliphatic carbocycles. The highest BCUT2D eigenvalue weighted by Gasteiger charge is 2.20. The molecule has 6 heteroatoms. The van der Waals surface area contributed by atoms with Crippen LogP contribution in [0, 0.1) is 0 Å². The molecule has 0 bridgehead atoms. The molecule has 1 aromatic rings. The Morgan fingerprint density at radius 1 is 1.19 bits per heavy atom. The lowest BCUT2D eigenvalue weighted by molar-refractivity contribution is 0.171. The Morgan fingerprint density at radius 2 is 1.85 bits per heavy atom. The molecule has 1 aromatic carbocycles. The van der Waals surface area contributed by atoms with Crippen molar-refractivity contribution < 1.29 is 14.3 Å². The first-order valence-corrected chi connectivity index (χ1v) is 9.16. The predicted molar refractivity (Wildman–Crippen MR) is 108 cm³/mol. The number of likely N-dealkylation sites (tertiary alicyclic amines) is 1. The third-order valence-corrected chi connectivity index (χ3v) is 4.41. The first-order chi connectivity index (χ1) is 11.8. The third-order valence-electron chi connectivity index (χ3n) is 4.41. The van der Waals surface area contributed by atoms with Crippen LogP contribution in [0.15, 0.2) is 18.2 Å². The predicted octanol–water partition coefficient (Wildman–Crippen LogP) is 4.33. The monoisotopic (exact) mass is 384 g/mol. The minimum absolute atomic E-state index is 0. The van der Waals surface area contributed by atoms with E-state index >= 15 is 0 Å². The summed E-state index contributed by atoms with van der Waals surface area (Å²) in [5.41, 5.74) is 1.09. The minimum atomic E-state index is -0.386. The van der Waals surface area contributed by atoms with Crippen molar-refractivity contribution in [3.63, 3.8) is 0 Å². The van der Waals surface area contributed by atoms with E-state index in [9.17, 15) is 4.79 Å². The molecule has 2 rings (SSSR count). The van der Waals surface area contributed by atoms with Crippen molar-refractivity contribution >= 4 is 18.5 Å². The van der Waals surface area contributed by atoms with E-state index in [1.165, 1.54) is 30.8 Å². The molecule has 5 nitrogen and oxygen atoms in total. The molecule has 1 saturated heterocycles. The van der Waals surface area contributed by atoms with Crippen LogP contribution in [-0.2, 0) is 5.41 Å². The highest BCUT2D eigenvalue weighted by Crippen LogP contribution is 2.34. The summed E-state index contributed by atoms with van der Waals surface area (Å²) >= 11 is 0. The number of benzene rings is 1. The van der Waals surface area contributed by atoms with Gasteiger partial charge in [-0.25, -0.2) is 4.79 Å².